The third-order valence-electron chi connectivity index (χ3n) is 3.55. The second-order valence-electron chi connectivity index (χ2n) is 4.97. The summed E-state index contributed by atoms with van der Waals surface area (Å²) in [5.41, 5.74) is 0.905. The average molecular weight is 307 g/mol. The lowest BCUT2D eigenvalue weighted by Gasteiger charge is -2.35. The Morgan fingerprint density at radius 2 is 2.09 bits per heavy atom. The molecule has 0 radical (unpaired) electrons. The molecule has 120 valence electrons. The van der Waals surface area contributed by atoms with Crippen LogP contribution in [0.2, 0.25) is 0 Å². The SMILES string of the molecule is CON(C)C(=O)C1CNCCN1C(=O)OCc1ccccc1. The minimum atomic E-state index is -0.623. The van der Waals surface area contributed by atoms with Crippen molar-refractivity contribution < 1.29 is 19.2 Å². The summed E-state index contributed by atoms with van der Waals surface area (Å²) in [5, 5.41) is 4.22. The summed E-state index contributed by atoms with van der Waals surface area (Å²) in [4.78, 5) is 30.8. The Hall–Kier alpha value is -2.12. The Morgan fingerprint density at radius 3 is 2.77 bits per heavy atom. The first-order valence-electron chi connectivity index (χ1n) is 7.13. The maximum absolute atomic E-state index is 12.3. The predicted molar refractivity (Wildman–Crippen MR) is 79.8 cm³/mol. The zero-order valence-corrected chi connectivity index (χ0v) is 12.8. The van der Waals surface area contributed by atoms with Gasteiger partial charge in [-0.3, -0.25) is 14.5 Å². The van der Waals surface area contributed by atoms with E-state index >= 15 is 0 Å². The van der Waals surface area contributed by atoms with Crippen molar-refractivity contribution in [1.29, 1.82) is 0 Å². The number of hydroxylamine groups is 2. The van der Waals surface area contributed by atoms with E-state index in [1.54, 1.807) is 0 Å². The van der Waals surface area contributed by atoms with Crippen LogP contribution in [0.3, 0.4) is 0 Å². The summed E-state index contributed by atoms with van der Waals surface area (Å²) in [6.45, 7) is 1.61. The number of piperazine rings is 1. The van der Waals surface area contributed by atoms with Gasteiger partial charge in [-0.1, -0.05) is 30.3 Å². The lowest BCUT2D eigenvalue weighted by atomic mass is 10.2. The fourth-order valence-electron chi connectivity index (χ4n) is 2.25. The monoisotopic (exact) mass is 307 g/mol. The number of ether oxygens (including phenoxy) is 1. The first-order valence-corrected chi connectivity index (χ1v) is 7.13. The van der Waals surface area contributed by atoms with Crippen molar-refractivity contribution in [2.24, 2.45) is 0 Å². The smallest absolute Gasteiger partial charge is 0.410 e. The van der Waals surface area contributed by atoms with E-state index < -0.39 is 12.1 Å². The van der Waals surface area contributed by atoms with Crippen molar-refractivity contribution in [2.75, 3.05) is 33.8 Å². The highest BCUT2D eigenvalue weighted by molar-refractivity contribution is 5.85. The molecule has 1 atom stereocenters. The summed E-state index contributed by atoms with van der Waals surface area (Å²) in [6.07, 6.45) is -0.492. The van der Waals surface area contributed by atoms with Crippen LogP contribution in [-0.2, 0) is 21.0 Å². The molecule has 1 aliphatic heterocycles. The van der Waals surface area contributed by atoms with Crippen molar-refractivity contribution in [3.05, 3.63) is 35.9 Å². The van der Waals surface area contributed by atoms with Gasteiger partial charge in [0.25, 0.3) is 5.91 Å². The molecule has 0 aliphatic carbocycles. The normalized spacial score (nSPS) is 17.9. The quantitative estimate of drug-likeness (QED) is 0.826. The Balaban J connectivity index is 1.97. The minimum Gasteiger partial charge on any atom is -0.445 e. The lowest BCUT2D eigenvalue weighted by Crippen LogP contribution is -2.59. The molecule has 2 rings (SSSR count). The molecule has 1 aliphatic rings. The Kier molecular flexibility index (Phi) is 5.74. The van der Waals surface area contributed by atoms with E-state index in [1.807, 2.05) is 30.3 Å². The fraction of sp³-hybridized carbons (Fsp3) is 0.467. The molecule has 7 nitrogen and oxygen atoms in total. The molecule has 1 saturated heterocycles. The van der Waals surface area contributed by atoms with Gasteiger partial charge in [-0.05, 0) is 5.56 Å². The van der Waals surface area contributed by atoms with E-state index in [2.05, 4.69) is 5.32 Å². The highest BCUT2D eigenvalue weighted by Gasteiger charge is 2.35. The summed E-state index contributed by atoms with van der Waals surface area (Å²) in [5.74, 6) is -0.286. The van der Waals surface area contributed by atoms with Gasteiger partial charge in [0.05, 0.1) is 7.11 Å². The molecule has 0 aromatic heterocycles. The lowest BCUT2D eigenvalue weighted by molar-refractivity contribution is -0.174. The maximum Gasteiger partial charge on any atom is 0.410 e. The third-order valence-corrected chi connectivity index (χ3v) is 3.55. The van der Waals surface area contributed by atoms with Gasteiger partial charge in [-0.2, -0.15) is 0 Å². The minimum absolute atomic E-state index is 0.185. The van der Waals surface area contributed by atoms with E-state index in [-0.39, 0.29) is 12.5 Å². The first kappa shape index (κ1) is 16.3. The number of hydrogen-bond acceptors (Lipinski definition) is 5. The van der Waals surface area contributed by atoms with Crippen LogP contribution < -0.4 is 5.32 Å². The van der Waals surface area contributed by atoms with Crippen LogP contribution in [0.4, 0.5) is 4.79 Å². The summed E-state index contributed by atoms with van der Waals surface area (Å²) >= 11 is 0. The Bertz CT molecular complexity index is 509. The number of rotatable bonds is 4. The largest absolute Gasteiger partial charge is 0.445 e. The van der Waals surface area contributed by atoms with E-state index in [0.717, 1.165) is 10.6 Å². The van der Waals surface area contributed by atoms with E-state index in [4.69, 9.17) is 9.57 Å². The molecule has 2 amide bonds. The highest BCUT2D eigenvalue weighted by Crippen LogP contribution is 2.10. The second kappa shape index (κ2) is 7.77. The van der Waals surface area contributed by atoms with Gasteiger partial charge in [-0.15, -0.1) is 0 Å². The molecular weight excluding hydrogens is 286 g/mol. The highest BCUT2D eigenvalue weighted by atomic mass is 16.7. The number of hydrogen-bond donors (Lipinski definition) is 1. The third kappa shape index (κ3) is 3.96. The van der Waals surface area contributed by atoms with Gasteiger partial charge < -0.3 is 10.1 Å². The van der Waals surface area contributed by atoms with Crippen molar-refractivity contribution in [2.45, 2.75) is 12.6 Å². The zero-order valence-electron chi connectivity index (χ0n) is 12.8. The number of nitrogens with one attached hydrogen (secondary N) is 1. The van der Waals surface area contributed by atoms with Crippen LogP contribution in [-0.4, -0.2) is 61.8 Å². The average Bonchev–Trinajstić information content (AvgIpc) is 2.59. The maximum atomic E-state index is 12.3. The first-order chi connectivity index (χ1) is 10.6. The van der Waals surface area contributed by atoms with Crippen molar-refractivity contribution in [3.8, 4) is 0 Å². The number of amides is 2. The van der Waals surface area contributed by atoms with Crippen LogP contribution >= 0.6 is 0 Å². The molecule has 0 bridgehead atoms. The topological polar surface area (TPSA) is 71.1 Å². The number of carbonyl (C=O) groups is 2. The number of nitrogens with zero attached hydrogens (tertiary/aromatic N) is 2. The Morgan fingerprint density at radius 1 is 1.36 bits per heavy atom. The van der Waals surface area contributed by atoms with Crippen LogP contribution in [0.5, 0.6) is 0 Å². The standard InChI is InChI=1S/C15H21N3O4/c1-17(21-2)14(19)13-10-16-8-9-18(13)15(20)22-11-12-6-4-3-5-7-12/h3-7,13,16H,8-11H2,1-2H3. The van der Waals surface area contributed by atoms with E-state index in [0.29, 0.717) is 19.6 Å². The second-order valence-corrected chi connectivity index (χ2v) is 4.97. The summed E-state index contributed by atoms with van der Waals surface area (Å²) in [7, 11) is 2.93. The predicted octanol–water partition coefficient (Wildman–Crippen LogP) is 0.617. The number of carbonyl (C=O) groups excluding carboxylic acids is 2. The molecule has 1 aromatic rings. The molecular formula is C15H21N3O4. The van der Waals surface area contributed by atoms with Crippen LogP contribution in [0.1, 0.15) is 5.56 Å². The summed E-state index contributed by atoms with van der Waals surface area (Å²) in [6, 6.07) is 8.80. The van der Waals surface area contributed by atoms with Gasteiger partial charge in [0.2, 0.25) is 0 Å². The van der Waals surface area contributed by atoms with Gasteiger partial charge in [0.1, 0.15) is 12.6 Å². The fourth-order valence-corrected chi connectivity index (χ4v) is 2.25. The van der Waals surface area contributed by atoms with Gasteiger partial charge in [0.15, 0.2) is 0 Å². The van der Waals surface area contributed by atoms with E-state index in [1.165, 1.54) is 19.1 Å². The molecule has 7 heteroatoms. The van der Waals surface area contributed by atoms with Crippen molar-refractivity contribution >= 4 is 12.0 Å². The van der Waals surface area contributed by atoms with Gasteiger partial charge in [-0.25, -0.2) is 9.86 Å². The zero-order chi connectivity index (χ0) is 15.9. The van der Waals surface area contributed by atoms with Crippen LogP contribution in [0, 0.1) is 0 Å². The van der Waals surface area contributed by atoms with E-state index in [9.17, 15) is 9.59 Å². The summed E-state index contributed by atoms with van der Waals surface area (Å²) < 4.78 is 5.31. The van der Waals surface area contributed by atoms with Crippen LogP contribution in [0.15, 0.2) is 30.3 Å². The molecule has 0 saturated carbocycles. The molecule has 0 spiro atoms. The molecule has 1 unspecified atom stereocenters. The van der Waals surface area contributed by atoms with Gasteiger partial charge >= 0.3 is 6.09 Å². The molecule has 1 heterocycles. The number of likely N-dealkylation sites (N-methyl/N-ethyl adjacent to an activating group) is 1. The van der Waals surface area contributed by atoms with Gasteiger partial charge in [0, 0.05) is 26.7 Å². The Labute approximate surface area is 129 Å². The van der Waals surface area contributed by atoms with Crippen molar-refractivity contribution in [1.82, 2.24) is 15.3 Å². The molecule has 22 heavy (non-hydrogen) atoms. The molecule has 1 aromatic carbocycles. The molecule has 1 fully saturated rings. The molecule has 1 N–H and O–H groups in total. The number of benzene rings is 1. The van der Waals surface area contributed by atoms with Crippen LogP contribution in [0.25, 0.3) is 0 Å². The van der Waals surface area contributed by atoms with Crippen molar-refractivity contribution in [3.63, 3.8) is 0 Å².